The zero-order valence-electron chi connectivity index (χ0n) is 16.0. The van der Waals surface area contributed by atoms with Gasteiger partial charge in [-0.05, 0) is 37.5 Å². The lowest BCUT2D eigenvalue weighted by atomic mass is 10.0. The Balaban J connectivity index is 1.73. The summed E-state index contributed by atoms with van der Waals surface area (Å²) in [5.74, 6) is 0.639. The molecule has 7 heteroatoms. The molecule has 0 saturated carbocycles. The maximum absolute atomic E-state index is 13.8. The number of hydrazone groups is 1. The third-order valence-corrected chi connectivity index (χ3v) is 4.68. The molecule has 3 rings (SSSR count). The van der Waals surface area contributed by atoms with Gasteiger partial charge in [-0.15, -0.1) is 0 Å². The number of nitrogens with zero attached hydrogens (tertiary/aromatic N) is 2. The van der Waals surface area contributed by atoms with Gasteiger partial charge in [-0.25, -0.2) is 4.39 Å². The van der Waals surface area contributed by atoms with Crippen LogP contribution in [0, 0.1) is 5.82 Å². The maximum Gasteiger partial charge on any atom is 0.248 e. The highest BCUT2D eigenvalue weighted by molar-refractivity contribution is 5.95. The lowest BCUT2D eigenvalue weighted by Gasteiger charge is -2.32. The van der Waals surface area contributed by atoms with Crippen molar-refractivity contribution < 1.29 is 18.7 Å². The van der Waals surface area contributed by atoms with E-state index in [4.69, 9.17) is 9.47 Å². The number of nitrogens with one attached hydrogen (secondary N) is 1. The standard InChI is InChI=1S/C21H24FN3O3/c1-27-19-11-10-16(13-20(19)28-2)24-21(26)18-9-5-6-12-25(18)23-14-15-7-3-4-8-17(15)22/h3-4,7-8,10-11,13-14,18H,5-6,9,12H2,1-2H3,(H,24,26)/b23-14+. The number of hydrogen-bond acceptors (Lipinski definition) is 5. The fourth-order valence-electron chi connectivity index (χ4n) is 3.18. The zero-order chi connectivity index (χ0) is 19.9. The zero-order valence-corrected chi connectivity index (χ0v) is 16.0. The van der Waals surface area contributed by atoms with Gasteiger partial charge in [0.25, 0.3) is 0 Å². The quantitative estimate of drug-likeness (QED) is 0.771. The average molecular weight is 385 g/mol. The third-order valence-electron chi connectivity index (χ3n) is 4.68. The highest BCUT2D eigenvalue weighted by atomic mass is 19.1. The second kappa shape index (κ2) is 9.21. The topological polar surface area (TPSA) is 63.2 Å². The van der Waals surface area contributed by atoms with Gasteiger partial charge < -0.3 is 14.8 Å². The van der Waals surface area contributed by atoms with Gasteiger partial charge in [-0.3, -0.25) is 9.80 Å². The molecule has 2 aromatic rings. The average Bonchev–Trinajstić information content (AvgIpc) is 2.73. The molecular weight excluding hydrogens is 361 g/mol. The molecule has 2 aromatic carbocycles. The molecule has 1 saturated heterocycles. The van der Waals surface area contributed by atoms with Crippen molar-refractivity contribution in [1.29, 1.82) is 0 Å². The highest BCUT2D eigenvalue weighted by Gasteiger charge is 2.28. The Kier molecular flexibility index (Phi) is 6.47. The first-order valence-corrected chi connectivity index (χ1v) is 9.20. The first-order valence-electron chi connectivity index (χ1n) is 9.20. The molecule has 1 fully saturated rings. The van der Waals surface area contributed by atoms with E-state index in [0.29, 0.717) is 35.7 Å². The number of anilines is 1. The Morgan fingerprint density at radius 1 is 1.18 bits per heavy atom. The number of hydrogen-bond donors (Lipinski definition) is 1. The molecule has 1 unspecified atom stereocenters. The summed E-state index contributed by atoms with van der Waals surface area (Å²) in [4.78, 5) is 12.8. The minimum atomic E-state index is -0.412. The molecule has 1 amide bonds. The lowest BCUT2D eigenvalue weighted by Crippen LogP contribution is -2.44. The van der Waals surface area contributed by atoms with Gasteiger partial charge in [0.15, 0.2) is 11.5 Å². The van der Waals surface area contributed by atoms with Crippen molar-refractivity contribution >= 4 is 17.8 Å². The number of carbonyl (C=O) groups is 1. The Hall–Kier alpha value is -3.09. The molecule has 1 aliphatic heterocycles. The maximum atomic E-state index is 13.8. The summed E-state index contributed by atoms with van der Waals surface area (Å²) >= 11 is 0. The minimum absolute atomic E-state index is 0.155. The van der Waals surface area contributed by atoms with Gasteiger partial charge in [0, 0.05) is 23.9 Å². The number of methoxy groups -OCH3 is 2. The number of benzene rings is 2. The van der Waals surface area contributed by atoms with Crippen molar-refractivity contribution in [3.63, 3.8) is 0 Å². The van der Waals surface area contributed by atoms with Crippen LogP contribution in [0.15, 0.2) is 47.6 Å². The predicted octanol–water partition coefficient (Wildman–Crippen LogP) is 3.67. The van der Waals surface area contributed by atoms with E-state index in [2.05, 4.69) is 10.4 Å². The first-order chi connectivity index (χ1) is 13.6. The SMILES string of the molecule is COc1ccc(NC(=O)C2CCCCN2/N=C/c2ccccc2F)cc1OC. The van der Waals surface area contributed by atoms with Crippen molar-refractivity contribution in [2.45, 2.75) is 25.3 Å². The molecule has 0 radical (unpaired) electrons. The van der Waals surface area contributed by atoms with Crippen LogP contribution in [-0.4, -0.2) is 43.9 Å². The molecule has 0 aliphatic carbocycles. The van der Waals surface area contributed by atoms with Crippen LogP contribution in [0.1, 0.15) is 24.8 Å². The van der Waals surface area contributed by atoms with Gasteiger partial charge in [-0.2, -0.15) is 5.10 Å². The normalized spacial score (nSPS) is 16.8. The van der Waals surface area contributed by atoms with Crippen molar-refractivity contribution in [1.82, 2.24) is 5.01 Å². The number of ether oxygens (including phenoxy) is 2. The summed E-state index contributed by atoms with van der Waals surface area (Å²) in [5, 5.41) is 9.02. The van der Waals surface area contributed by atoms with E-state index < -0.39 is 6.04 Å². The fraction of sp³-hybridized carbons (Fsp3) is 0.333. The largest absolute Gasteiger partial charge is 0.493 e. The summed E-state index contributed by atoms with van der Waals surface area (Å²) in [5.41, 5.74) is 1.01. The molecule has 1 N–H and O–H groups in total. The fourth-order valence-corrected chi connectivity index (χ4v) is 3.18. The van der Waals surface area contributed by atoms with E-state index in [1.165, 1.54) is 12.3 Å². The van der Waals surface area contributed by atoms with E-state index in [1.54, 1.807) is 55.6 Å². The lowest BCUT2D eigenvalue weighted by molar-refractivity contribution is -0.122. The number of halogens is 1. The predicted molar refractivity (Wildman–Crippen MR) is 107 cm³/mol. The molecule has 1 heterocycles. The van der Waals surface area contributed by atoms with Crippen molar-refractivity contribution in [3.05, 3.63) is 53.8 Å². The van der Waals surface area contributed by atoms with Gasteiger partial charge in [-0.1, -0.05) is 18.2 Å². The van der Waals surface area contributed by atoms with E-state index in [1.807, 2.05) is 0 Å². The highest BCUT2D eigenvalue weighted by Crippen LogP contribution is 2.30. The second-order valence-electron chi connectivity index (χ2n) is 6.50. The second-order valence-corrected chi connectivity index (χ2v) is 6.50. The molecular formula is C21H24FN3O3. The van der Waals surface area contributed by atoms with Crippen LogP contribution in [0.2, 0.25) is 0 Å². The smallest absolute Gasteiger partial charge is 0.248 e. The van der Waals surface area contributed by atoms with Crippen molar-refractivity contribution in [2.75, 3.05) is 26.1 Å². The number of rotatable bonds is 6. The molecule has 6 nitrogen and oxygen atoms in total. The van der Waals surface area contributed by atoms with Crippen LogP contribution in [0.3, 0.4) is 0 Å². The molecule has 148 valence electrons. The van der Waals surface area contributed by atoms with Crippen molar-refractivity contribution in [3.8, 4) is 11.5 Å². The number of amides is 1. The molecule has 28 heavy (non-hydrogen) atoms. The van der Waals surface area contributed by atoms with Crippen LogP contribution in [0.25, 0.3) is 0 Å². The summed E-state index contributed by atoms with van der Waals surface area (Å²) in [6, 6.07) is 11.2. The van der Waals surface area contributed by atoms with E-state index in [0.717, 1.165) is 12.8 Å². The number of piperidine rings is 1. The minimum Gasteiger partial charge on any atom is -0.493 e. The summed E-state index contributed by atoms with van der Waals surface area (Å²) < 4.78 is 24.3. The van der Waals surface area contributed by atoms with Crippen molar-refractivity contribution in [2.24, 2.45) is 5.10 Å². The van der Waals surface area contributed by atoms with Gasteiger partial charge in [0.1, 0.15) is 11.9 Å². The van der Waals surface area contributed by atoms with E-state index in [-0.39, 0.29) is 11.7 Å². The van der Waals surface area contributed by atoms with Crippen LogP contribution in [0.5, 0.6) is 11.5 Å². The monoisotopic (exact) mass is 385 g/mol. The molecule has 1 aliphatic rings. The Morgan fingerprint density at radius 2 is 1.96 bits per heavy atom. The molecule has 0 spiro atoms. The van der Waals surface area contributed by atoms with Gasteiger partial charge in [0.2, 0.25) is 5.91 Å². The van der Waals surface area contributed by atoms with Crippen LogP contribution < -0.4 is 14.8 Å². The van der Waals surface area contributed by atoms with Crippen LogP contribution in [0.4, 0.5) is 10.1 Å². The van der Waals surface area contributed by atoms with E-state index in [9.17, 15) is 9.18 Å². The first kappa shape index (κ1) is 19.7. The van der Waals surface area contributed by atoms with Crippen LogP contribution in [-0.2, 0) is 4.79 Å². The van der Waals surface area contributed by atoms with Crippen LogP contribution >= 0.6 is 0 Å². The summed E-state index contributed by atoms with van der Waals surface area (Å²) in [6.07, 6.45) is 4.04. The molecule has 0 aromatic heterocycles. The van der Waals surface area contributed by atoms with Gasteiger partial charge >= 0.3 is 0 Å². The molecule has 1 atom stereocenters. The Labute approximate surface area is 163 Å². The summed E-state index contributed by atoms with van der Waals surface area (Å²) in [7, 11) is 3.10. The van der Waals surface area contributed by atoms with Gasteiger partial charge in [0.05, 0.1) is 20.4 Å². The third kappa shape index (κ3) is 4.60. The Morgan fingerprint density at radius 3 is 2.71 bits per heavy atom. The van der Waals surface area contributed by atoms with E-state index >= 15 is 0 Å². The number of carbonyl (C=O) groups excluding carboxylic acids is 1. The Bertz CT molecular complexity index is 857. The molecule has 0 bridgehead atoms. The summed E-state index contributed by atoms with van der Waals surface area (Å²) in [6.45, 7) is 0.648.